The van der Waals surface area contributed by atoms with Crippen LogP contribution in [-0.2, 0) is 9.53 Å². The molecule has 0 bridgehead atoms. The van der Waals surface area contributed by atoms with Gasteiger partial charge in [0, 0.05) is 22.2 Å². The number of para-hydroxylation sites is 1. The van der Waals surface area contributed by atoms with E-state index in [1.165, 1.54) is 11.3 Å². The fourth-order valence-electron chi connectivity index (χ4n) is 4.62. The lowest BCUT2D eigenvalue weighted by molar-refractivity contribution is -0.139. The standard InChI is InChI=1S/C29H27N3O4S/c1-5-15-36-20-13-11-19(12-14-20)26-25(28(34)35-6-2)18(4)31-29-32(26)27(33)24(37-29)16-22-17(3)30-23-10-8-7-9-21(22)23/h5,7-14,16,26,30H,1,6,15H2,2-4H3/b24-16-/t26-/m0/s1. The Morgan fingerprint density at radius 1 is 1.19 bits per heavy atom. The summed E-state index contributed by atoms with van der Waals surface area (Å²) < 4.78 is 13.1. The number of rotatable bonds is 7. The zero-order valence-corrected chi connectivity index (χ0v) is 21.7. The van der Waals surface area contributed by atoms with Crippen LogP contribution in [0.4, 0.5) is 0 Å². The molecule has 0 saturated carbocycles. The molecule has 1 aliphatic heterocycles. The van der Waals surface area contributed by atoms with Gasteiger partial charge in [-0.25, -0.2) is 9.79 Å². The van der Waals surface area contributed by atoms with Crippen LogP contribution in [0.2, 0.25) is 0 Å². The van der Waals surface area contributed by atoms with Crippen LogP contribution in [0, 0.1) is 6.92 Å². The number of nitrogens with zero attached hydrogens (tertiary/aromatic N) is 2. The Morgan fingerprint density at radius 2 is 1.95 bits per heavy atom. The molecule has 1 atom stereocenters. The summed E-state index contributed by atoms with van der Waals surface area (Å²) in [6.07, 6.45) is 3.58. The quantitative estimate of drug-likeness (QED) is 0.297. The van der Waals surface area contributed by atoms with Crippen LogP contribution in [-0.4, -0.2) is 28.7 Å². The molecule has 8 heteroatoms. The summed E-state index contributed by atoms with van der Waals surface area (Å²) >= 11 is 1.31. The lowest BCUT2D eigenvalue weighted by Crippen LogP contribution is -2.39. The molecule has 2 aromatic heterocycles. The van der Waals surface area contributed by atoms with E-state index in [-0.39, 0.29) is 12.2 Å². The van der Waals surface area contributed by atoms with Gasteiger partial charge in [-0.1, -0.05) is 54.3 Å². The van der Waals surface area contributed by atoms with Crippen LogP contribution >= 0.6 is 11.3 Å². The van der Waals surface area contributed by atoms with Crippen molar-refractivity contribution in [1.82, 2.24) is 9.55 Å². The second-order valence-electron chi connectivity index (χ2n) is 8.68. The second-order valence-corrected chi connectivity index (χ2v) is 9.69. The van der Waals surface area contributed by atoms with Crippen LogP contribution in [0.3, 0.4) is 0 Å². The number of ether oxygens (including phenoxy) is 2. The number of aromatic nitrogens is 2. The topological polar surface area (TPSA) is 85.7 Å². The Labute approximate surface area is 217 Å². The molecule has 3 heterocycles. The maximum Gasteiger partial charge on any atom is 0.338 e. The number of carbonyl (C=O) groups is 1. The first kappa shape index (κ1) is 24.5. The summed E-state index contributed by atoms with van der Waals surface area (Å²) in [5.74, 6) is 0.187. The minimum Gasteiger partial charge on any atom is -0.490 e. The highest BCUT2D eigenvalue weighted by atomic mass is 32.1. The molecule has 0 unspecified atom stereocenters. The monoisotopic (exact) mass is 513 g/mol. The molecule has 0 aliphatic carbocycles. The maximum atomic E-state index is 13.9. The van der Waals surface area contributed by atoms with Crippen molar-refractivity contribution in [2.24, 2.45) is 4.99 Å². The predicted molar refractivity (Wildman–Crippen MR) is 146 cm³/mol. The summed E-state index contributed by atoms with van der Waals surface area (Å²) in [7, 11) is 0. The van der Waals surface area contributed by atoms with Crippen molar-refractivity contribution in [2.45, 2.75) is 26.8 Å². The van der Waals surface area contributed by atoms with Crippen molar-refractivity contribution in [1.29, 1.82) is 0 Å². The summed E-state index contributed by atoms with van der Waals surface area (Å²) in [4.78, 5) is 35.5. The van der Waals surface area contributed by atoms with Gasteiger partial charge in [0.1, 0.15) is 12.4 Å². The molecule has 0 fully saturated rings. The van der Waals surface area contributed by atoms with Crippen LogP contribution in [0.1, 0.15) is 36.7 Å². The molecule has 5 rings (SSSR count). The number of fused-ring (bicyclic) bond motifs is 2. The van der Waals surface area contributed by atoms with Crippen molar-refractivity contribution in [3.8, 4) is 5.75 Å². The van der Waals surface area contributed by atoms with E-state index in [1.54, 1.807) is 24.5 Å². The Morgan fingerprint density at radius 3 is 2.68 bits per heavy atom. The van der Waals surface area contributed by atoms with Gasteiger partial charge in [0.25, 0.3) is 5.56 Å². The zero-order valence-electron chi connectivity index (χ0n) is 20.9. The number of hydrogen-bond donors (Lipinski definition) is 1. The summed E-state index contributed by atoms with van der Waals surface area (Å²) in [6, 6.07) is 14.7. The number of H-pyrrole nitrogens is 1. The molecule has 0 spiro atoms. The van der Waals surface area contributed by atoms with E-state index in [0.29, 0.717) is 33.0 Å². The van der Waals surface area contributed by atoms with Gasteiger partial charge in [-0.15, -0.1) is 0 Å². The third kappa shape index (κ3) is 4.44. The third-order valence-corrected chi connectivity index (χ3v) is 7.28. The first-order valence-corrected chi connectivity index (χ1v) is 12.8. The highest BCUT2D eigenvalue weighted by Crippen LogP contribution is 2.31. The van der Waals surface area contributed by atoms with Gasteiger partial charge in [-0.2, -0.15) is 0 Å². The van der Waals surface area contributed by atoms with Crippen molar-refractivity contribution < 1.29 is 14.3 Å². The zero-order chi connectivity index (χ0) is 26.1. The van der Waals surface area contributed by atoms with E-state index in [4.69, 9.17) is 9.47 Å². The maximum absolute atomic E-state index is 13.9. The molecule has 0 radical (unpaired) electrons. The number of carbonyl (C=O) groups excluding carboxylic acids is 1. The van der Waals surface area contributed by atoms with E-state index >= 15 is 0 Å². The molecule has 0 amide bonds. The highest BCUT2D eigenvalue weighted by Gasteiger charge is 2.33. The summed E-state index contributed by atoms with van der Waals surface area (Å²) in [5.41, 5.74) is 4.38. The van der Waals surface area contributed by atoms with Crippen molar-refractivity contribution in [3.63, 3.8) is 0 Å². The number of hydrogen-bond acceptors (Lipinski definition) is 6. The summed E-state index contributed by atoms with van der Waals surface area (Å²) in [5, 5.41) is 1.04. The Bertz CT molecular complexity index is 1720. The number of benzene rings is 2. The molecule has 188 valence electrons. The van der Waals surface area contributed by atoms with Crippen LogP contribution in [0.15, 0.2) is 82.2 Å². The lowest BCUT2D eigenvalue weighted by atomic mass is 9.96. The average molecular weight is 514 g/mol. The van der Waals surface area contributed by atoms with Crippen molar-refractivity contribution in [2.75, 3.05) is 13.2 Å². The number of esters is 1. The Balaban J connectivity index is 1.70. The van der Waals surface area contributed by atoms with E-state index < -0.39 is 12.0 Å². The summed E-state index contributed by atoms with van der Waals surface area (Å²) in [6.45, 7) is 9.81. The Hall–Kier alpha value is -4.17. The molecule has 0 saturated heterocycles. The molecule has 2 aromatic carbocycles. The minimum atomic E-state index is -0.671. The molecular weight excluding hydrogens is 486 g/mol. The molecule has 37 heavy (non-hydrogen) atoms. The van der Waals surface area contributed by atoms with Crippen molar-refractivity contribution >= 4 is 34.3 Å². The van der Waals surface area contributed by atoms with Gasteiger partial charge in [0.15, 0.2) is 4.80 Å². The predicted octanol–water partition coefficient (Wildman–Crippen LogP) is 4.15. The number of aromatic amines is 1. The highest BCUT2D eigenvalue weighted by molar-refractivity contribution is 7.07. The second kappa shape index (κ2) is 10.1. The lowest BCUT2D eigenvalue weighted by Gasteiger charge is -2.24. The first-order valence-electron chi connectivity index (χ1n) is 12.0. The fourth-order valence-corrected chi connectivity index (χ4v) is 5.65. The van der Waals surface area contributed by atoms with E-state index in [2.05, 4.69) is 16.6 Å². The number of allylic oxidation sites excluding steroid dienone is 1. The van der Waals surface area contributed by atoms with Gasteiger partial charge in [-0.3, -0.25) is 9.36 Å². The normalized spacial score (nSPS) is 15.4. The van der Waals surface area contributed by atoms with Gasteiger partial charge >= 0.3 is 5.97 Å². The van der Waals surface area contributed by atoms with E-state index in [9.17, 15) is 9.59 Å². The largest absolute Gasteiger partial charge is 0.490 e. The van der Waals surface area contributed by atoms with Crippen LogP contribution in [0.25, 0.3) is 17.0 Å². The van der Waals surface area contributed by atoms with E-state index in [0.717, 1.165) is 27.7 Å². The van der Waals surface area contributed by atoms with Gasteiger partial charge in [0.2, 0.25) is 0 Å². The van der Waals surface area contributed by atoms with Crippen LogP contribution < -0.4 is 19.6 Å². The molecule has 1 aliphatic rings. The number of aryl methyl sites for hydroxylation is 1. The Kier molecular flexibility index (Phi) is 6.67. The van der Waals surface area contributed by atoms with Gasteiger partial charge in [-0.05, 0) is 50.6 Å². The number of thiazole rings is 1. The van der Waals surface area contributed by atoms with Crippen LogP contribution in [0.5, 0.6) is 5.75 Å². The molecule has 1 N–H and O–H groups in total. The van der Waals surface area contributed by atoms with Crippen molar-refractivity contribution in [3.05, 3.63) is 109 Å². The SMILES string of the molecule is C=CCOc1ccc([C@H]2C(C(=O)OCC)=C(C)N=c3s/c(=C\c4c(C)[nH]c5ccccc45)c(=O)n32)cc1. The molecular formula is C29H27N3O4S. The number of nitrogens with one attached hydrogen (secondary N) is 1. The third-order valence-electron chi connectivity index (χ3n) is 6.30. The average Bonchev–Trinajstić information content (AvgIpc) is 3.37. The minimum absolute atomic E-state index is 0.209. The first-order chi connectivity index (χ1) is 17.9. The van der Waals surface area contributed by atoms with Gasteiger partial charge < -0.3 is 14.5 Å². The fraction of sp³-hybridized carbons (Fsp3) is 0.207. The van der Waals surface area contributed by atoms with E-state index in [1.807, 2.05) is 61.5 Å². The molecule has 7 nitrogen and oxygen atoms in total. The molecule has 4 aromatic rings. The van der Waals surface area contributed by atoms with Gasteiger partial charge in [0.05, 0.1) is 28.5 Å². The smallest absolute Gasteiger partial charge is 0.338 e.